The Morgan fingerprint density at radius 3 is 2.30 bits per heavy atom. The van der Waals surface area contributed by atoms with Crippen LogP contribution in [0.5, 0.6) is 0 Å². The second kappa shape index (κ2) is 5.73. The highest BCUT2D eigenvalue weighted by atomic mass is 16.2. The first kappa shape index (κ1) is 14.3. The van der Waals surface area contributed by atoms with Crippen molar-refractivity contribution in [1.29, 1.82) is 0 Å². The van der Waals surface area contributed by atoms with Gasteiger partial charge in [0, 0.05) is 20.0 Å². The summed E-state index contributed by atoms with van der Waals surface area (Å²) in [5.74, 6) is 0.819. The Morgan fingerprint density at radius 2 is 1.65 bits per heavy atom. The number of amides is 1. The molecule has 1 saturated carbocycles. The lowest BCUT2D eigenvalue weighted by molar-refractivity contribution is -0.117. The number of carbonyl (C=O) groups excluding carboxylic acids is 1. The van der Waals surface area contributed by atoms with Gasteiger partial charge in [0.05, 0.1) is 17.4 Å². The van der Waals surface area contributed by atoms with Crippen molar-refractivity contribution in [3.63, 3.8) is 0 Å². The molecular weight excluding hydrogens is 284 g/mol. The van der Waals surface area contributed by atoms with Gasteiger partial charge >= 0.3 is 0 Å². The van der Waals surface area contributed by atoms with Gasteiger partial charge in [0.1, 0.15) is 0 Å². The largest absolute Gasteiger partial charge is 0.363 e. The fraction of sp³-hybridized carbons (Fsp3) is 0.350. The standard InChI is InChI=1S/C20H22N2O/c1-15(23)22-19-10-6-5-9-18(19)21(14-20(22)17-11-12-17)13-16-7-3-2-4-8-16/h2-10,17,20H,11-14H2,1H3. The number of para-hydroxylation sites is 2. The zero-order valence-corrected chi connectivity index (χ0v) is 13.5. The quantitative estimate of drug-likeness (QED) is 0.860. The molecule has 0 N–H and O–H groups in total. The topological polar surface area (TPSA) is 23.6 Å². The second-order valence-electron chi connectivity index (χ2n) is 6.65. The van der Waals surface area contributed by atoms with E-state index in [4.69, 9.17) is 0 Å². The van der Waals surface area contributed by atoms with Gasteiger partial charge in [-0.05, 0) is 36.5 Å². The lowest BCUT2D eigenvalue weighted by atomic mass is 10.0. The summed E-state index contributed by atoms with van der Waals surface area (Å²) in [5.41, 5.74) is 3.55. The Balaban J connectivity index is 1.72. The molecule has 1 amide bonds. The summed E-state index contributed by atoms with van der Waals surface area (Å²) in [6.45, 7) is 3.52. The molecule has 118 valence electrons. The van der Waals surface area contributed by atoms with Crippen LogP contribution in [0, 0.1) is 5.92 Å². The summed E-state index contributed by atoms with van der Waals surface area (Å²) < 4.78 is 0. The van der Waals surface area contributed by atoms with Gasteiger partial charge in [0.2, 0.25) is 5.91 Å². The smallest absolute Gasteiger partial charge is 0.224 e. The van der Waals surface area contributed by atoms with Crippen molar-refractivity contribution in [2.45, 2.75) is 32.4 Å². The number of anilines is 2. The number of hydrogen-bond donors (Lipinski definition) is 0. The third-order valence-corrected chi connectivity index (χ3v) is 4.94. The van der Waals surface area contributed by atoms with Gasteiger partial charge < -0.3 is 9.80 Å². The molecule has 1 atom stereocenters. The Hall–Kier alpha value is -2.29. The van der Waals surface area contributed by atoms with Crippen LogP contribution in [0.4, 0.5) is 11.4 Å². The summed E-state index contributed by atoms with van der Waals surface area (Å²) in [4.78, 5) is 16.8. The van der Waals surface area contributed by atoms with Gasteiger partial charge in [-0.25, -0.2) is 0 Å². The molecule has 0 bridgehead atoms. The van der Waals surface area contributed by atoms with Crippen LogP contribution in [0.1, 0.15) is 25.3 Å². The minimum Gasteiger partial charge on any atom is -0.363 e. The summed E-state index contributed by atoms with van der Waals surface area (Å²) in [6.07, 6.45) is 2.49. The van der Waals surface area contributed by atoms with E-state index in [-0.39, 0.29) is 5.91 Å². The van der Waals surface area contributed by atoms with Crippen molar-refractivity contribution < 1.29 is 4.79 Å². The molecule has 4 rings (SSSR count). The zero-order valence-electron chi connectivity index (χ0n) is 13.5. The van der Waals surface area contributed by atoms with E-state index in [2.05, 4.69) is 53.4 Å². The summed E-state index contributed by atoms with van der Waals surface area (Å²) in [6, 6.07) is 19.2. The normalized spacial score (nSPS) is 20.3. The number of carbonyl (C=O) groups is 1. The lowest BCUT2D eigenvalue weighted by Crippen LogP contribution is -2.52. The predicted octanol–water partition coefficient (Wildman–Crippen LogP) is 3.84. The molecule has 23 heavy (non-hydrogen) atoms. The van der Waals surface area contributed by atoms with Crippen LogP contribution in [0.25, 0.3) is 0 Å². The molecule has 2 aromatic rings. The molecule has 1 aliphatic heterocycles. The molecule has 2 aromatic carbocycles. The van der Waals surface area contributed by atoms with Crippen LogP contribution < -0.4 is 9.80 Å². The van der Waals surface area contributed by atoms with Gasteiger partial charge in [-0.1, -0.05) is 42.5 Å². The van der Waals surface area contributed by atoms with Crippen LogP contribution in [-0.2, 0) is 11.3 Å². The maximum Gasteiger partial charge on any atom is 0.224 e. The predicted molar refractivity (Wildman–Crippen MR) is 93.6 cm³/mol. The monoisotopic (exact) mass is 306 g/mol. The fourth-order valence-electron chi connectivity index (χ4n) is 3.72. The van der Waals surface area contributed by atoms with E-state index in [1.807, 2.05) is 11.0 Å². The van der Waals surface area contributed by atoms with Crippen molar-refractivity contribution in [3.05, 3.63) is 60.2 Å². The van der Waals surface area contributed by atoms with Gasteiger partial charge in [-0.15, -0.1) is 0 Å². The van der Waals surface area contributed by atoms with E-state index in [0.29, 0.717) is 12.0 Å². The van der Waals surface area contributed by atoms with Crippen molar-refractivity contribution in [2.24, 2.45) is 5.92 Å². The van der Waals surface area contributed by atoms with Gasteiger partial charge in [0.15, 0.2) is 0 Å². The Labute approximate surface area is 137 Å². The molecule has 1 heterocycles. The Bertz CT molecular complexity index is 709. The van der Waals surface area contributed by atoms with E-state index >= 15 is 0 Å². The van der Waals surface area contributed by atoms with E-state index in [9.17, 15) is 4.79 Å². The summed E-state index contributed by atoms with van der Waals surface area (Å²) >= 11 is 0. The highest BCUT2D eigenvalue weighted by Gasteiger charge is 2.42. The van der Waals surface area contributed by atoms with Gasteiger partial charge in [0.25, 0.3) is 0 Å². The van der Waals surface area contributed by atoms with Crippen LogP contribution in [0.3, 0.4) is 0 Å². The maximum absolute atomic E-state index is 12.3. The number of rotatable bonds is 3. The van der Waals surface area contributed by atoms with E-state index in [1.54, 1.807) is 6.92 Å². The third-order valence-electron chi connectivity index (χ3n) is 4.94. The van der Waals surface area contributed by atoms with Crippen LogP contribution >= 0.6 is 0 Å². The second-order valence-corrected chi connectivity index (χ2v) is 6.65. The van der Waals surface area contributed by atoms with E-state index in [0.717, 1.165) is 18.8 Å². The van der Waals surface area contributed by atoms with E-state index in [1.165, 1.54) is 24.1 Å². The van der Waals surface area contributed by atoms with Crippen molar-refractivity contribution in [1.82, 2.24) is 0 Å². The first-order valence-electron chi connectivity index (χ1n) is 8.42. The highest BCUT2D eigenvalue weighted by molar-refractivity contribution is 5.97. The number of hydrogen-bond acceptors (Lipinski definition) is 2. The molecule has 0 aromatic heterocycles. The minimum absolute atomic E-state index is 0.161. The molecule has 0 spiro atoms. The number of benzene rings is 2. The molecule has 3 nitrogen and oxygen atoms in total. The molecule has 1 aliphatic carbocycles. The van der Waals surface area contributed by atoms with Crippen LogP contribution in [-0.4, -0.2) is 18.5 Å². The molecular formula is C20H22N2O. The fourth-order valence-corrected chi connectivity index (χ4v) is 3.72. The van der Waals surface area contributed by atoms with Gasteiger partial charge in [-0.3, -0.25) is 4.79 Å². The molecule has 3 heteroatoms. The zero-order chi connectivity index (χ0) is 15.8. The molecule has 1 fully saturated rings. The van der Waals surface area contributed by atoms with Crippen LogP contribution in [0.15, 0.2) is 54.6 Å². The van der Waals surface area contributed by atoms with Gasteiger partial charge in [-0.2, -0.15) is 0 Å². The van der Waals surface area contributed by atoms with Crippen LogP contribution in [0.2, 0.25) is 0 Å². The first-order valence-corrected chi connectivity index (χ1v) is 8.42. The summed E-state index contributed by atoms with van der Waals surface area (Å²) in [7, 11) is 0. The number of fused-ring (bicyclic) bond motifs is 1. The first-order chi connectivity index (χ1) is 11.2. The summed E-state index contributed by atoms with van der Waals surface area (Å²) in [5, 5.41) is 0. The molecule has 0 radical (unpaired) electrons. The molecule has 1 unspecified atom stereocenters. The SMILES string of the molecule is CC(=O)N1c2ccccc2N(Cc2ccccc2)CC1C1CC1. The minimum atomic E-state index is 0.161. The lowest BCUT2D eigenvalue weighted by Gasteiger charge is -2.43. The Kier molecular flexibility index (Phi) is 3.56. The number of nitrogens with zero attached hydrogens (tertiary/aromatic N) is 2. The molecule has 2 aliphatic rings. The van der Waals surface area contributed by atoms with Crippen molar-refractivity contribution in [3.8, 4) is 0 Å². The Morgan fingerprint density at radius 1 is 1.00 bits per heavy atom. The van der Waals surface area contributed by atoms with Crippen molar-refractivity contribution >= 4 is 17.3 Å². The molecule has 0 saturated heterocycles. The highest BCUT2D eigenvalue weighted by Crippen LogP contribution is 2.44. The van der Waals surface area contributed by atoms with E-state index < -0.39 is 0 Å². The average Bonchev–Trinajstić information content (AvgIpc) is 3.40. The average molecular weight is 306 g/mol. The third kappa shape index (κ3) is 2.72. The van der Waals surface area contributed by atoms with Crippen molar-refractivity contribution in [2.75, 3.05) is 16.3 Å². The maximum atomic E-state index is 12.3.